The van der Waals surface area contributed by atoms with E-state index in [1.807, 2.05) is 12.1 Å². The Morgan fingerprint density at radius 2 is 2.27 bits per heavy atom. The van der Waals surface area contributed by atoms with E-state index in [1.165, 1.54) is 5.56 Å². The molecule has 1 N–H and O–H groups in total. The molecule has 1 aromatic heterocycles. The van der Waals surface area contributed by atoms with Crippen LogP contribution in [0.4, 0.5) is 11.4 Å². The molecule has 1 atom stereocenters. The van der Waals surface area contributed by atoms with Crippen LogP contribution in [0.15, 0.2) is 48.8 Å². The third-order valence-corrected chi connectivity index (χ3v) is 3.65. The average molecular weight is 297 g/mol. The van der Waals surface area contributed by atoms with Crippen LogP contribution in [0.2, 0.25) is 0 Å². The molecule has 2 heterocycles. The molecule has 0 radical (unpaired) electrons. The van der Waals surface area contributed by atoms with E-state index in [0.717, 1.165) is 12.2 Å². The van der Waals surface area contributed by atoms with Crippen LogP contribution in [0.5, 0.6) is 0 Å². The first-order valence-corrected chi connectivity index (χ1v) is 7.36. The fourth-order valence-electron chi connectivity index (χ4n) is 2.53. The topological polar surface area (TPSA) is 54.5 Å². The van der Waals surface area contributed by atoms with Crippen molar-refractivity contribution < 1.29 is 9.53 Å². The van der Waals surface area contributed by atoms with Gasteiger partial charge in [-0.05, 0) is 36.8 Å². The van der Waals surface area contributed by atoms with Crippen molar-refractivity contribution in [2.24, 2.45) is 0 Å². The number of carbonyl (C=O) groups excluding carboxylic acids is 1. The third kappa shape index (κ3) is 3.43. The van der Waals surface area contributed by atoms with Crippen LogP contribution in [0.1, 0.15) is 5.56 Å². The van der Waals surface area contributed by atoms with Crippen LogP contribution in [-0.4, -0.2) is 36.7 Å². The maximum atomic E-state index is 12.3. The molecule has 22 heavy (non-hydrogen) atoms. The van der Waals surface area contributed by atoms with Crippen molar-refractivity contribution in [2.75, 3.05) is 29.9 Å². The number of nitrogens with one attached hydrogen (secondary N) is 1. The molecule has 1 fully saturated rings. The summed E-state index contributed by atoms with van der Waals surface area (Å²) in [6.45, 7) is 3.95. The molecular formula is C17H19N3O2. The number of hydrogen-bond donors (Lipinski definition) is 1. The standard InChI is InChI=1S/C17H19N3O2/c1-13-4-2-6-15(10-13)20-8-9-22-16(12-20)17(21)19-14-5-3-7-18-11-14/h2-7,10-11,16H,8-9,12H2,1H3,(H,19,21)/t16-/m0/s1. The fourth-order valence-corrected chi connectivity index (χ4v) is 2.53. The van der Waals surface area contributed by atoms with E-state index in [9.17, 15) is 4.79 Å². The van der Waals surface area contributed by atoms with Gasteiger partial charge in [-0.2, -0.15) is 0 Å². The Hall–Kier alpha value is -2.40. The molecule has 1 aliphatic heterocycles. The number of aryl methyl sites for hydroxylation is 1. The Kier molecular flexibility index (Phi) is 4.34. The third-order valence-electron chi connectivity index (χ3n) is 3.65. The molecule has 0 saturated carbocycles. The summed E-state index contributed by atoms with van der Waals surface area (Å²) in [5.41, 5.74) is 3.02. The highest BCUT2D eigenvalue weighted by Crippen LogP contribution is 2.19. The van der Waals surface area contributed by atoms with Crippen molar-refractivity contribution in [1.82, 2.24) is 4.98 Å². The number of rotatable bonds is 3. The Balaban J connectivity index is 1.66. The van der Waals surface area contributed by atoms with E-state index in [1.54, 1.807) is 18.5 Å². The minimum Gasteiger partial charge on any atom is -0.366 e. The molecule has 1 aromatic carbocycles. The predicted molar refractivity (Wildman–Crippen MR) is 86.0 cm³/mol. The van der Waals surface area contributed by atoms with Crippen LogP contribution >= 0.6 is 0 Å². The lowest BCUT2D eigenvalue weighted by Crippen LogP contribution is -2.48. The number of ether oxygens (including phenoxy) is 1. The summed E-state index contributed by atoms with van der Waals surface area (Å²) < 4.78 is 5.62. The lowest BCUT2D eigenvalue weighted by molar-refractivity contribution is -0.128. The van der Waals surface area contributed by atoms with Crippen LogP contribution in [-0.2, 0) is 9.53 Å². The van der Waals surface area contributed by atoms with Gasteiger partial charge in [0, 0.05) is 18.4 Å². The summed E-state index contributed by atoms with van der Waals surface area (Å²) in [7, 11) is 0. The quantitative estimate of drug-likeness (QED) is 0.944. The molecule has 1 amide bonds. The summed E-state index contributed by atoms with van der Waals surface area (Å²) in [6.07, 6.45) is 2.82. The first-order chi connectivity index (χ1) is 10.7. The van der Waals surface area contributed by atoms with Gasteiger partial charge in [-0.15, -0.1) is 0 Å². The smallest absolute Gasteiger partial charge is 0.255 e. The van der Waals surface area contributed by atoms with Crippen LogP contribution < -0.4 is 10.2 Å². The van der Waals surface area contributed by atoms with Crippen molar-refractivity contribution in [3.8, 4) is 0 Å². The van der Waals surface area contributed by atoms with E-state index in [4.69, 9.17) is 4.74 Å². The maximum Gasteiger partial charge on any atom is 0.255 e. The highest BCUT2D eigenvalue weighted by atomic mass is 16.5. The minimum absolute atomic E-state index is 0.134. The van der Waals surface area contributed by atoms with Crippen molar-refractivity contribution >= 4 is 17.3 Å². The van der Waals surface area contributed by atoms with Crippen molar-refractivity contribution in [3.05, 3.63) is 54.4 Å². The molecule has 114 valence electrons. The zero-order valence-corrected chi connectivity index (χ0v) is 12.5. The number of anilines is 2. The molecule has 1 saturated heterocycles. The second-order valence-corrected chi connectivity index (χ2v) is 5.38. The zero-order chi connectivity index (χ0) is 15.4. The zero-order valence-electron chi connectivity index (χ0n) is 12.5. The Labute approximate surface area is 129 Å². The second kappa shape index (κ2) is 6.58. The Morgan fingerprint density at radius 3 is 3.05 bits per heavy atom. The molecule has 0 unspecified atom stereocenters. The van der Waals surface area contributed by atoms with Crippen LogP contribution in [0.25, 0.3) is 0 Å². The average Bonchev–Trinajstić information content (AvgIpc) is 2.56. The van der Waals surface area contributed by atoms with Crippen molar-refractivity contribution in [1.29, 1.82) is 0 Å². The number of pyridine rings is 1. The number of benzene rings is 1. The van der Waals surface area contributed by atoms with Gasteiger partial charge in [0.1, 0.15) is 0 Å². The summed E-state index contributed by atoms with van der Waals surface area (Å²) in [4.78, 5) is 18.5. The number of amides is 1. The SMILES string of the molecule is Cc1cccc(N2CCO[C@H](C(=O)Nc3cccnc3)C2)c1. The molecule has 0 spiro atoms. The normalized spacial score (nSPS) is 18.0. The minimum atomic E-state index is -0.477. The molecule has 1 aliphatic rings. The van der Waals surface area contributed by atoms with E-state index < -0.39 is 6.10 Å². The monoisotopic (exact) mass is 297 g/mol. The molecular weight excluding hydrogens is 278 g/mol. The lowest BCUT2D eigenvalue weighted by atomic mass is 10.1. The van der Waals surface area contributed by atoms with Gasteiger partial charge in [-0.3, -0.25) is 9.78 Å². The summed E-state index contributed by atoms with van der Waals surface area (Å²) in [6, 6.07) is 11.9. The van der Waals surface area contributed by atoms with E-state index in [0.29, 0.717) is 18.8 Å². The first-order valence-electron chi connectivity index (χ1n) is 7.36. The van der Waals surface area contributed by atoms with Gasteiger partial charge in [0.25, 0.3) is 5.91 Å². The summed E-state index contributed by atoms with van der Waals surface area (Å²) in [5, 5.41) is 2.84. The van der Waals surface area contributed by atoms with Crippen molar-refractivity contribution in [3.63, 3.8) is 0 Å². The van der Waals surface area contributed by atoms with E-state index in [-0.39, 0.29) is 5.91 Å². The predicted octanol–water partition coefficient (Wildman–Crippen LogP) is 2.23. The van der Waals surface area contributed by atoms with Gasteiger partial charge in [0.05, 0.1) is 25.0 Å². The largest absolute Gasteiger partial charge is 0.366 e. The highest BCUT2D eigenvalue weighted by Gasteiger charge is 2.27. The summed E-state index contributed by atoms with van der Waals surface area (Å²) >= 11 is 0. The second-order valence-electron chi connectivity index (χ2n) is 5.38. The Morgan fingerprint density at radius 1 is 1.36 bits per heavy atom. The van der Waals surface area contributed by atoms with Gasteiger partial charge < -0.3 is 15.0 Å². The Bertz CT molecular complexity index is 645. The molecule has 5 nitrogen and oxygen atoms in total. The number of hydrogen-bond acceptors (Lipinski definition) is 4. The van der Waals surface area contributed by atoms with Gasteiger partial charge in [0.2, 0.25) is 0 Å². The fraction of sp³-hybridized carbons (Fsp3) is 0.294. The summed E-state index contributed by atoms with van der Waals surface area (Å²) in [5.74, 6) is -0.134. The first kappa shape index (κ1) is 14.5. The van der Waals surface area contributed by atoms with Gasteiger partial charge >= 0.3 is 0 Å². The van der Waals surface area contributed by atoms with Crippen LogP contribution in [0, 0.1) is 6.92 Å². The van der Waals surface area contributed by atoms with Crippen LogP contribution in [0.3, 0.4) is 0 Å². The molecule has 2 aromatic rings. The number of aromatic nitrogens is 1. The maximum absolute atomic E-state index is 12.3. The van der Waals surface area contributed by atoms with Gasteiger partial charge in [-0.25, -0.2) is 0 Å². The van der Waals surface area contributed by atoms with Crippen molar-refractivity contribution in [2.45, 2.75) is 13.0 Å². The van der Waals surface area contributed by atoms with Gasteiger partial charge in [0.15, 0.2) is 6.10 Å². The molecule has 3 rings (SSSR count). The number of carbonyl (C=O) groups is 1. The molecule has 0 bridgehead atoms. The number of morpholine rings is 1. The van der Waals surface area contributed by atoms with E-state index in [2.05, 4.69) is 40.3 Å². The van der Waals surface area contributed by atoms with Gasteiger partial charge in [-0.1, -0.05) is 12.1 Å². The lowest BCUT2D eigenvalue weighted by Gasteiger charge is -2.34. The highest BCUT2D eigenvalue weighted by molar-refractivity contribution is 5.94. The van der Waals surface area contributed by atoms with E-state index >= 15 is 0 Å². The molecule has 5 heteroatoms. The molecule has 0 aliphatic carbocycles. The number of nitrogens with zero attached hydrogens (tertiary/aromatic N) is 2.